The first-order valence-electron chi connectivity index (χ1n) is 8.21. The van der Waals surface area contributed by atoms with Crippen LogP contribution in [-0.2, 0) is 6.42 Å². The first-order chi connectivity index (χ1) is 10.8. The maximum absolute atomic E-state index is 6.25. The molecule has 0 bridgehead atoms. The van der Waals surface area contributed by atoms with Crippen LogP contribution >= 0.6 is 23.4 Å². The molecule has 0 amide bonds. The summed E-state index contributed by atoms with van der Waals surface area (Å²) in [6.45, 7) is 6.71. The normalized spacial score (nSPS) is 10.6. The summed E-state index contributed by atoms with van der Waals surface area (Å²) in [5, 5.41) is 3.99. The molecule has 0 aromatic carbocycles. The number of aromatic nitrogens is 2. The van der Waals surface area contributed by atoms with E-state index >= 15 is 0 Å². The lowest BCUT2D eigenvalue weighted by Crippen LogP contribution is -2.05. The number of nitrogens with one attached hydrogen (secondary N) is 1. The molecular formula is C17H28ClN3S. The predicted octanol–water partition coefficient (Wildman–Crippen LogP) is 5.36. The first-order valence-corrected chi connectivity index (χ1v) is 9.74. The Morgan fingerprint density at radius 2 is 1.91 bits per heavy atom. The van der Waals surface area contributed by atoms with Gasteiger partial charge in [0.15, 0.2) is 0 Å². The van der Waals surface area contributed by atoms with Crippen LogP contribution < -0.4 is 5.32 Å². The van der Waals surface area contributed by atoms with Crippen LogP contribution in [0.15, 0.2) is 19.0 Å². The molecule has 0 aliphatic rings. The molecule has 1 N–H and O–H groups in total. The minimum Gasteiger partial charge on any atom is -0.369 e. The van der Waals surface area contributed by atoms with Crippen molar-refractivity contribution in [3.05, 3.63) is 29.7 Å². The fourth-order valence-electron chi connectivity index (χ4n) is 2.19. The molecular weight excluding hydrogens is 314 g/mol. The number of hydrogen-bond donors (Lipinski definition) is 1. The number of rotatable bonds is 13. The number of unbranched alkanes of at least 4 members (excludes halogenated alkanes) is 5. The maximum atomic E-state index is 6.25. The fraction of sp³-hybridized carbons (Fsp3) is 0.647. The van der Waals surface area contributed by atoms with Crippen molar-refractivity contribution in [1.82, 2.24) is 9.97 Å². The molecule has 0 spiro atoms. The SMILES string of the molecule is C=CCSCCCCCCCCNc1ncnc(CC)c1Cl. The van der Waals surface area contributed by atoms with E-state index in [0.29, 0.717) is 5.02 Å². The molecule has 3 nitrogen and oxygen atoms in total. The van der Waals surface area contributed by atoms with Gasteiger partial charge in [0.2, 0.25) is 0 Å². The molecule has 0 saturated heterocycles. The van der Waals surface area contributed by atoms with E-state index < -0.39 is 0 Å². The number of nitrogens with zero attached hydrogens (tertiary/aromatic N) is 2. The molecule has 0 atom stereocenters. The molecule has 1 heterocycles. The van der Waals surface area contributed by atoms with Crippen LogP contribution in [0.25, 0.3) is 0 Å². The number of aryl methyl sites for hydroxylation is 1. The fourth-order valence-corrected chi connectivity index (χ4v) is 3.23. The summed E-state index contributed by atoms with van der Waals surface area (Å²) in [4.78, 5) is 8.38. The van der Waals surface area contributed by atoms with Crippen molar-refractivity contribution < 1.29 is 0 Å². The van der Waals surface area contributed by atoms with Crippen molar-refractivity contribution in [3.8, 4) is 0 Å². The Bertz CT molecular complexity index is 426. The highest BCUT2D eigenvalue weighted by Crippen LogP contribution is 2.22. The summed E-state index contributed by atoms with van der Waals surface area (Å²) in [6, 6.07) is 0. The van der Waals surface area contributed by atoms with Crippen LogP contribution in [0.4, 0.5) is 5.82 Å². The van der Waals surface area contributed by atoms with E-state index in [-0.39, 0.29) is 0 Å². The van der Waals surface area contributed by atoms with E-state index in [4.69, 9.17) is 11.6 Å². The second-order valence-electron chi connectivity index (χ2n) is 5.25. The summed E-state index contributed by atoms with van der Waals surface area (Å²) < 4.78 is 0. The highest BCUT2D eigenvalue weighted by molar-refractivity contribution is 7.99. The van der Waals surface area contributed by atoms with E-state index in [1.165, 1.54) is 37.9 Å². The minimum atomic E-state index is 0.669. The van der Waals surface area contributed by atoms with E-state index in [0.717, 1.165) is 36.7 Å². The second kappa shape index (κ2) is 12.8. The van der Waals surface area contributed by atoms with Gasteiger partial charge in [-0.3, -0.25) is 0 Å². The van der Waals surface area contributed by atoms with Crippen molar-refractivity contribution in [3.63, 3.8) is 0 Å². The van der Waals surface area contributed by atoms with Crippen LogP contribution in [0.2, 0.25) is 5.02 Å². The molecule has 0 saturated carbocycles. The van der Waals surface area contributed by atoms with Crippen molar-refractivity contribution in [1.29, 1.82) is 0 Å². The van der Waals surface area contributed by atoms with Crippen molar-refractivity contribution in [2.24, 2.45) is 0 Å². The lowest BCUT2D eigenvalue weighted by Gasteiger charge is -2.09. The average Bonchev–Trinajstić information content (AvgIpc) is 2.54. The van der Waals surface area contributed by atoms with Gasteiger partial charge in [0.1, 0.15) is 17.2 Å². The Labute approximate surface area is 144 Å². The Morgan fingerprint density at radius 3 is 2.64 bits per heavy atom. The van der Waals surface area contributed by atoms with Gasteiger partial charge in [-0.15, -0.1) is 6.58 Å². The summed E-state index contributed by atoms with van der Waals surface area (Å²) in [7, 11) is 0. The standard InChI is InChI=1S/C17H28ClN3S/c1-3-12-22-13-10-8-6-5-7-9-11-19-17-16(18)15(4-2)20-14-21-17/h3,14H,1,4-13H2,2H3,(H,19,20,21). The Balaban J connectivity index is 2.01. The topological polar surface area (TPSA) is 37.8 Å². The molecule has 0 unspecified atom stereocenters. The summed E-state index contributed by atoms with van der Waals surface area (Å²) in [5.74, 6) is 3.11. The van der Waals surface area contributed by atoms with Gasteiger partial charge in [0, 0.05) is 12.3 Å². The molecule has 0 aliphatic heterocycles. The minimum absolute atomic E-state index is 0.669. The zero-order valence-electron chi connectivity index (χ0n) is 13.6. The Kier molecular flexibility index (Phi) is 11.2. The number of thioether (sulfide) groups is 1. The van der Waals surface area contributed by atoms with Crippen molar-refractivity contribution >= 4 is 29.2 Å². The molecule has 1 aromatic heterocycles. The van der Waals surface area contributed by atoms with Crippen LogP contribution in [0.5, 0.6) is 0 Å². The van der Waals surface area contributed by atoms with Gasteiger partial charge in [-0.2, -0.15) is 11.8 Å². The lowest BCUT2D eigenvalue weighted by molar-refractivity contribution is 0.619. The molecule has 124 valence electrons. The van der Waals surface area contributed by atoms with E-state index in [1.54, 1.807) is 6.33 Å². The average molecular weight is 342 g/mol. The van der Waals surface area contributed by atoms with Crippen molar-refractivity contribution in [2.45, 2.75) is 51.9 Å². The number of halogens is 1. The molecule has 5 heteroatoms. The van der Waals surface area contributed by atoms with Gasteiger partial charge >= 0.3 is 0 Å². The molecule has 22 heavy (non-hydrogen) atoms. The number of anilines is 1. The number of hydrogen-bond acceptors (Lipinski definition) is 4. The summed E-state index contributed by atoms with van der Waals surface area (Å²) >= 11 is 8.22. The van der Waals surface area contributed by atoms with Crippen LogP contribution in [0, 0.1) is 0 Å². The lowest BCUT2D eigenvalue weighted by atomic mass is 10.1. The van der Waals surface area contributed by atoms with Crippen LogP contribution in [0.3, 0.4) is 0 Å². The van der Waals surface area contributed by atoms with Gasteiger partial charge in [0.05, 0.1) is 5.69 Å². The zero-order chi connectivity index (χ0) is 16.0. The third-order valence-electron chi connectivity index (χ3n) is 3.44. The van der Waals surface area contributed by atoms with Gasteiger partial charge in [-0.05, 0) is 25.0 Å². The second-order valence-corrected chi connectivity index (χ2v) is 6.78. The Hall–Kier alpha value is -0.740. The van der Waals surface area contributed by atoms with Gasteiger partial charge in [-0.25, -0.2) is 9.97 Å². The highest BCUT2D eigenvalue weighted by atomic mass is 35.5. The van der Waals surface area contributed by atoms with E-state index in [1.807, 2.05) is 24.8 Å². The predicted molar refractivity (Wildman–Crippen MR) is 100 cm³/mol. The largest absolute Gasteiger partial charge is 0.369 e. The zero-order valence-corrected chi connectivity index (χ0v) is 15.2. The molecule has 1 rings (SSSR count). The van der Waals surface area contributed by atoms with E-state index in [2.05, 4.69) is 21.9 Å². The van der Waals surface area contributed by atoms with Gasteiger partial charge in [0.25, 0.3) is 0 Å². The van der Waals surface area contributed by atoms with Gasteiger partial charge < -0.3 is 5.32 Å². The molecule has 1 aromatic rings. The monoisotopic (exact) mass is 341 g/mol. The smallest absolute Gasteiger partial charge is 0.148 e. The third-order valence-corrected chi connectivity index (χ3v) is 4.89. The van der Waals surface area contributed by atoms with Crippen molar-refractivity contribution in [2.75, 3.05) is 23.4 Å². The highest BCUT2D eigenvalue weighted by Gasteiger charge is 2.06. The third kappa shape index (κ3) is 8.04. The molecule has 0 radical (unpaired) electrons. The van der Waals surface area contributed by atoms with E-state index in [9.17, 15) is 0 Å². The summed E-state index contributed by atoms with van der Waals surface area (Å²) in [6.07, 6.45) is 12.1. The molecule has 0 aliphatic carbocycles. The first kappa shape index (κ1) is 19.3. The van der Waals surface area contributed by atoms with Crippen LogP contribution in [0.1, 0.15) is 51.1 Å². The summed E-state index contributed by atoms with van der Waals surface area (Å²) in [5.41, 5.74) is 0.911. The quantitative estimate of drug-likeness (QED) is 0.387. The maximum Gasteiger partial charge on any atom is 0.148 e. The Morgan fingerprint density at radius 1 is 1.18 bits per heavy atom. The van der Waals surface area contributed by atoms with Gasteiger partial charge in [-0.1, -0.05) is 50.3 Å². The van der Waals surface area contributed by atoms with Crippen LogP contribution in [-0.4, -0.2) is 28.0 Å². The molecule has 0 fully saturated rings.